The summed E-state index contributed by atoms with van der Waals surface area (Å²) in [5.74, 6) is 11.2. The van der Waals surface area contributed by atoms with E-state index in [1.165, 1.54) is 6.42 Å². The standard InChI is InChI=1S/C22H36.C3H8.2C2H6/c1-13-15-7-3-5-9-17(15)21-12-22-18-10-6-4-8-16(18)14(2)20(22)11-19(13)21;1-3-2;2*1-2/h13-22H,3-12H2,1-2H3;3H2,1-2H3;2*1-2H3. The number of hydrogen-bond acceptors (Lipinski definition) is 0. The van der Waals surface area contributed by atoms with Crippen molar-refractivity contribution in [1.29, 1.82) is 0 Å². The summed E-state index contributed by atoms with van der Waals surface area (Å²) in [5, 5.41) is 0. The molecule has 0 saturated heterocycles. The van der Waals surface area contributed by atoms with Crippen LogP contribution in [0.15, 0.2) is 0 Å². The quantitative estimate of drug-likeness (QED) is 0.377. The van der Waals surface area contributed by atoms with Gasteiger partial charge in [-0.25, -0.2) is 0 Å². The second-order valence-corrected chi connectivity index (χ2v) is 10.8. The van der Waals surface area contributed by atoms with Crippen molar-refractivity contribution < 1.29 is 0 Å². The molecule has 0 heterocycles. The minimum atomic E-state index is 1.06. The zero-order valence-corrected chi connectivity index (χ0v) is 21.6. The van der Waals surface area contributed by atoms with E-state index in [-0.39, 0.29) is 0 Å². The number of rotatable bonds is 0. The summed E-state index contributed by atoms with van der Waals surface area (Å²) in [4.78, 5) is 0. The van der Waals surface area contributed by atoms with Gasteiger partial charge in [0.1, 0.15) is 0 Å². The molecule has 10 unspecified atom stereocenters. The molecular formula is C29H56. The Morgan fingerprint density at radius 3 is 1.07 bits per heavy atom. The molecule has 0 aromatic carbocycles. The fraction of sp³-hybridized carbons (Fsp3) is 1.00. The van der Waals surface area contributed by atoms with Crippen LogP contribution in [0.4, 0.5) is 0 Å². The molecule has 0 amide bonds. The fourth-order valence-electron chi connectivity index (χ4n) is 8.90. The third kappa shape index (κ3) is 4.92. The van der Waals surface area contributed by atoms with Crippen LogP contribution in [0.25, 0.3) is 0 Å². The number of fused-ring (bicyclic) bond motifs is 6. The maximum Gasteiger partial charge on any atom is -0.0349 e. The van der Waals surface area contributed by atoms with Crippen molar-refractivity contribution in [2.24, 2.45) is 59.2 Å². The van der Waals surface area contributed by atoms with Gasteiger partial charge in [0.25, 0.3) is 0 Å². The topological polar surface area (TPSA) is 0 Å². The van der Waals surface area contributed by atoms with Crippen LogP contribution in [-0.2, 0) is 0 Å². The first kappa shape index (κ1) is 25.3. The monoisotopic (exact) mass is 404 g/mol. The van der Waals surface area contributed by atoms with Crippen molar-refractivity contribution in [3.8, 4) is 0 Å². The molecule has 0 radical (unpaired) electrons. The highest BCUT2D eigenvalue weighted by atomic mass is 14.6. The van der Waals surface area contributed by atoms with Gasteiger partial charge >= 0.3 is 0 Å². The summed E-state index contributed by atoms with van der Waals surface area (Å²) in [6.07, 6.45) is 17.1. The molecule has 5 rings (SSSR count). The smallest absolute Gasteiger partial charge is 0.0349 e. The van der Waals surface area contributed by atoms with Crippen LogP contribution in [0.1, 0.15) is 126 Å². The van der Waals surface area contributed by atoms with Crippen molar-refractivity contribution >= 4 is 0 Å². The molecule has 0 heteroatoms. The molecule has 0 aromatic rings. The lowest BCUT2D eigenvalue weighted by Gasteiger charge is -2.41. The Balaban J connectivity index is 0.000000387. The minimum absolute atomic E-state index is 1.06. The maximum absolute atomic E-state index is 2.65. The maximum atomic E-state index is 2.65. The first-order valence-corrected chi connectivity index (χ1v) is 14.2. The lowest BCUT2D eigenvalue weighted by Crippen LogP contribution is -2.34. The van der Waals surface area contributed by atoms with Crippen LogP contribution in [-0.4, -0.2) is 0 Å². The summed E-state index contributed by atoms with van der Waals surface area (Å²) in [6, 6.07) is 0. The van der Waals surface area contributed by atoms with E-state index in [2.05, 4.69) is 27.7 Å². The molecule has 0 nitrogen and oxygen atoms in total. The van der Waals surface area contributed by atoms with E-state index >= 15 is 0 Å². The van der Waals surface area contributed by atoms with E-state index in [0.29, 0.717) is 0 Å². The second kappa shape index (κ2) is 12.1. The Bertz CT molecular complexity index is 401. The summed E-state index contributed by atoms with van der Waals surface area (Å²) in [6.45, 7) is 17.6. The van der Waals surface area contributed by atoms with Crippen molar-refractivity contribution in [1.82, 2.24) is 0 Å². The van der Waals surface area contributed by atoms with Crippen LogP contribution in [0.2, 0.25) is 0 Å². The fourth-order valence-corrected chi connectivity index (χ4v) is 8.90. The molecule has 29 heavy (non-hydrogen) atoms. The summed E-state index contributed by atoms with van der Waals surface area (Å²) >= 11 is 0. The first-order valence-electron chi connectivity index (χ1n) is 14.2. The highest BCUT2D eigenvalue weighted by molar-refractivity contribution is 5.07. The van der Waals surface area contributed by atoms with Crippen molar-refractivity contribution in [2.45, 2.75) is 126 Å². The molecule has 0 bridgehead atoms. The lowest BCUT2D eigenvalue weighted by molar-refractivity contribution is 0.0757. The van der Waals surface area contributed by atoms with Crippen LogP contribution in [0, 0.1) is 59.2 Å². The van der Waals surface area contributed by atoms with Gasteiger partial charge in [-0.1, -0.05) is 87.5 Å². The van der Waals surface area contributed by atoms with Gasteiger partial charge in [-0.2, -0.15) is 0 Å². The molecule has 5 fully saturated rings. The third-order valence-electron chi connectivity index (χ3n) is 9.74. The Morgan fingerprint density at radius 2 is 0.724 bits per heavy atom. The van der Waals surface area contributed by atoms with E-state index in [4.69, 9.17) is 0 Å². The van der Waals surface area contributed by atoms with Gasteiger partial charge in [0.15, 0.2) is 0 Å². The van der Waals surface area contributed by atoms with Crippen LogP contribution < -0.4 is 0 Å². The largest absolute Gasteiger partial charge is 0.0683 e. The minimum Gasteiger partial charge on any atom is -0.0683 e. The molecule has 172 valence electrons. The van der Waals surface area contributed by atoms with Gasteiger partial charge in [0.2, 0.25) is 0 Å². The van der Waals surface area contributed by atoms with Gasteiger partial charge in [0.05, 0.1) is 0 Å². The van der Waals surface area contributed by atoms with Crippen LogP contribution in [0.3, 0.4) is 0 Å². The molecule has 0 aliphatic heterocycles. The van der Waals surface area contributed by atoms with E-state index in [1.807, 2.05) is 27.7 Å². The first-order chi connectivity index (χ1) is 14.2. The van der Waals surface area contributed by atoms with E-state index < -0.39 is 0 Å². The van der Waals surface area contributed by atoms with Crippen molar-refractivity contribution in [2.75, 3.05) is 0 Å². The second-order valence-electron chi connectivity index (χ2n) is 10.8. The molecule has 5 aliphatic carbocycles. The summed E-state index contributed by atoms with van der Waals surface area (Å²) in [5.41, 5.74) is 0. The van der Waals surface area contributed by atoms with E-state index in [0.717, 1.165) is 59.2 Å². The van der Waals surface area contributed by atoms with Gasteiger partial charge in [-0.05, 0) is 97.7 Å². The predicted octanol–water partition coefficient (Wildman–Crippen LogP) is 9.63. The average Bonchev–Trinajstić information content (AvgIpc) is 3.23. The zero-order valence-electron chi connectivity index (χ0n) is 21.6. The SMILES string of the molecule is CC.CC.CC1C2CCCCC2C2CC3C(CC12)C(C)C1CCCCC13.CCC. The van der Waals surface area contributed by atoms with Crippen molar-refractivity contribution in [3.05, 3.63) is 0 Å². The molecule has 5 aliphatic rings. The Labute approximate surface area is 185 Å². The van der Waals surface area contributed by atoms with Gasteiger partial charge in [0, 0.05) is 0 Å². The van der Waals surface area contributed by atoms with E-state index in [1.54, 1.807) is 64.2 Å². The van der Waals surface area contributed by atoms with E-state index in [9.17, 15) is 0 Å². The van der Waals surface area contributed by atoms with Gasteiger partial charge in [-0.15, -0.1) is 0 Å². The van der Waals surface area contributed by atoms with Crippen molar-refractivity contribution in [3.63, 3.8) is 0 Å². The molecule has 5 saturated carbocycles. The summed E-state index contributed by atoms with van der Waals surface area (Å²) in [7, 11) is 0. The molecular weight excluding hydrogens is 348 g/mol. The van der Waals surface area contributed by atoms with Crippen LogP contribution >= 0.6 is 0 Å². The lowest BCUT2D eigenvalue weighted by atomic mass is 9.64. The normalized spacial score (nSPS) is 46.8. The van der Waals surface area contributed by atoms with Gasteiger partial charge < -0.3 is 0 Å². The van der Waals surface area contributed by atoms with Crippen LogP contribution in [0.5, 0.6) is 0 Å². The molecule has 0 aromatic heterocycles. The molecule has 0 spiro atoms. The Kier molecular flexibility index (Phi) is 10.6. The molecule has 0 N–H and O–H groups in total. The highest BCUT2D eigenvalue weighted by Gasteiger charge is 2.58. The third-order valence-corrected chi connectivity index (χ3v) is 9.74. The zero-order chi connectivity index (χ0) is 21.6. The molecule has 10 atom stereocenters. The number of hydrogen-bond donors (Lipinski definition) is 0. The van der Waals surface area contributed by atoms with Gasteiger partial charge in [-0.3, -0.25) is 0 Å². The highest BCUT2D eigenvalue weighted by Crippen LogP contribution is 2.65. The Morgan fingerprint density at radius 1 is 0.448 bits per heavy atom. The average molecular weight is 405 g/mol. The summed E-state index contributed by atoms with van der Waals surface area (Å²) < 4.78 is 0. The Hall–Kier alpha value is 0. The predicted molar refractivity (Wildman–Crippen MR) is 131 cm³/mol.